The summed E-state index contributed by atoms with van der Waals surface area (Å²) in [5, 5.41) is 7.40. The van der Waals surface area contributed by atoms with Gasteiger partial charge in [0.2, 0.25) is 5.91 Å². The molecule has 1 aromatic heterocycles. The van der Waals surface area contributed by atoms with Crippen LogP contribution in [0.5, 0.6) is 5.75 Å². The third-order valence-corrected chi connectivity index (χ3v) is 4.77. The summed E-state index contributed by atoms with van der Waals surface area (Å²) in [4.78, 5) is 12.2. The molecule has 0 aliphatic rings. The van der Waals surface area contributed by atoms with Crippen LogP contribution in [0.3, 0.4) is 0 Å². The first-order chi connectivity index (χ1) is 13.5. The number of nitrogens with one attached hydrogen (secondary N) is 1. The first kappa shape index (κ1) is 19.6. The Morgan fingerprint density at radius 3 is 2.71 bits per heavy atom. The molecular weight excluding hydrogens is 357 g/mol. The number of hydrogen-bond donors (Lipinski definition) is 1. The van der Waals surface area contributed by atoms with Crippen molar-refractivity contribution in [3.8, 4) is 11.4 Å². The highest BCUT2D eigenvalue weighted by atomic mass is 19.1. The zero-order valence-corrected chi connectivity index (χ0v) is 16.3. The Morgan fingerprint density at radius 1 is 1.18 bits per heavy atom. The molecule has 2 aromatic carbocycles. The average molecular weight is 381 g/mol. The lowest BCUT2D eigenvalue weighted by atomic mass is 10.1. The van der Waals surface area contributed by atoms with E-state index in [0.29, 0.717) is 18.4 Å². The van der Waals surface area contributed by atoms with E-state index >= 15 is 0 Å². The number of halogens is 1. The molecule has 1 N–H and O–H groups in total. The van der Waals surface area contributed by atoms with E-state index in [9.17, 15) is 9.18 Å². The summed E-state index contributed by atoms with van der Waals surface area (Å²) in [6.45, 7) is 4.12. The second-order valence-electron chi connectivity index (χ2n) is 6.63. The van der Waals surface area contributed by atoms with Gasteiger partial charge in [-0.25, -0.2) is 9.07 Å². The number of carbonyl (C=O) groups is 1. The molecule has 6 heteroatoms. The monoisotopic (exact) mass is 381 g/mol. The second-order valence-corrected chi connectivity index (χ2v) is 6.63. The first-order valence-corrected chi connectivity index (χ1v) is 9.19. The van der Waals surface area contributed by atoms with Crippen molar-refractivity contribution in [1.82, 2.24) is 15.1 Å². The normalized spacial score (nSPS) is 10.7. The second kappa shape index (κ2) is 8.69. The van der Waals surface area contributed by atoms with Crippen LogP contribution >= 0.6 is 0 Å². The molecule has 1 heterocycles. The average Bonchev–Trinajstić information content (AvgIpc) is 2.99. The smallest absolute Gasteiger partial charge is 0.220 e. The van der Waals surface area contributed by atoms with Crippen molar-refractivity contribution in [1.29, 1.82) is 0 Å². The molecule has 3 rings (SSSR count). The highest BCUT2D eigenvalue weighted by Gasteiger charge is 2.15. The van der Waals surface area contributed by atoms with Crippen molar-refractivity contribution in [3.05, 3.63) is 76.9 Å². The summed E-state index contributed by atoms with van der Waals surface area (Å²) in [5.41, 5.74) is 4.32. The summed E-state index contributed by atoms with van der Waals surface area (Å²) in [6, 6.07) is 14.1. The highest BCUT2D eigenvalue weighted by molar-refractivity contribution is 5.76. The Labute approximate surface area is 164 Å². The summed E-state index contributed by atoms with van der Waals surface area (Å²) >= 11 is 0. The van der Waals surface area contributed by atoms with Gasteiger partial charge in [0.1, 0.15) is 11.6 Å². The van der Waals surface area contributed by atoms with E-state index in [1.54, 1.807) is 25.3 Å². The van der Waals surface area contributed by atoms with Crippen LogP contribution in [0.4, 0.5) is 4.39 Å². The van der Waals surface area contributed by atoms with Gasteiger partial charge in [0.15, 0.2) is 0 Å². The number of benzene rings is 2. The predicted octanol–water partition coefficient (Wildman–Crippen LogP) is 3.89. The third-order valence-electron chi connectivity index (χ3n) is 4.77. The molecule has 0 aliphatic carbocycles. The molecule has 0 bridgehead atoms. The zero-order chi connectivity index (χ0) is 20.1. The number of carbonyl (C=O) groups excluding carboxylic acids is 1. The van der Waals surface area contributed by atoms with Crippen molar-refractivity contribution in [2.24, 2.45) is 0 Å². The molecule has 0 aliphatic heterocycles. The molecule has 28 heavy (non-hydrogen) atoms. The SMILES string of the molecule is COc1cccc(-n2nc(C)c(CCC(=O)NCc3ccccc3F)c2C)c1. The van der Waals surface area contributed by atoms with Gasteiger partial charge < -0.3 is 10.1 Å². The van der Waals surface area contributed by atoms with Gasteiger partial charge >= 0.3 is 0 Å². The molecule has 1 amide bonds. The molecule has 5 nitrogen and oxygen atoms in total. The molecule has 146 valence electrons. The number of aryl methyl sites for hydroxylation is 1. The van der Waals surface area contributed by atoms with Crippen LogP contribution in [0.25, 0.3) is 5.69 Å². The first-order valence-electron chi connectivity index (χ1n) is 9.19. The van der Waals surface area contributed by atoms with Crippen molar-refractivity contribution in [2.45, 2.75) is 33.2 Å². The van der Waals surface area contributed by atoms with E-state index in [0.717, 1.165) is 28.4 Å². The van der Waals surface area contributed by atoms with Crippen LogP contribution in [-0.4, -0.2) is 22.8 Å². The number of methoxy groups -OCH3 is 1. The van der Waals surface area contributed by atoms with Gasteiger partial charge in [0.05, 0.1) is 18.5 Å². The van der Waals surface area contributed by atoms with Gasteiger partial charge in [-0.2, -0.15) is 5.10 Å². The van der Waals surface area contributed by atoms with E-state index in [1.807, 2.05) is 42.8 Å². The van der Waals surface area contributed by atoms with E-state index in [4.69, 9.17) is 4.74 Å². The van der Waals surface area contributed by atoms with Gasteiger partial charge in [-0.15, -0.1) is 0 Å². The van der Waals surface area contributed by atoms with Crippen molar-refractivity contribution in [2.75, 3.05) is 7.11 Å². The minimum atomic E-state index is -0.311. The summed E-state index contributed by atoms with van der Waals surface area (Å²) in [6.07, 6.45) is 0.894. The lowest BCUT2D eigenvalue weighted by Crippen LogP contribution is -2.23. The van der Waals surface area contributed by atoms with E-state index in [1.165, 1.54) is 6.07 Å². The highest BCUT2D eigenvalue weighted by Crippen LogP contribution is 2.22. The molecule has 0 atom stereocenters. The molecule has 0 fully saturated rings. The van der Waals surface area contributed by atoms with E-state index in [-0.39, 0.29) is 18.3 Å². The Balaban J connectivity index is 1.65. The maximum Gasteiger partial charge on any atom is 0.220 e. The number of aromatic nitrogens is 2. The Hall–Kier alpha value is -3.15. The summed E-state index contributed by atoms with van der Waals surface area (Å²) in [7, 11) is 1.63. The van der Waals surface area contributed by atoms with Crippen LogP contribution in [0, 0.1) is 19.7 Å². The predicted molar refractivity (Wildman–Crippen MR) is 106 cm³/mol. The minimum Gasteiger partial charge on any atom is -0.497 e. The van der Waals surface area contributed by atoms with Gasteiger partial charge in [0, 0.05) is 30.3 Å². The topological polar surface area (TPSA) is 56.2 Å². The fourth-order valence-corrected chi connectivity index (χ4v) is 3.19. The maximum absolute atomic E-state index is 13.6. The quantitative estimate of drug-likeness (QED) is 0.676. The largest absolute Gasteiger partial charge is 0.497 e. The summed E-state index contributed by atoms with van der Waals surface area (Å²) < 4.78 is 20.8. The van der Waals surface area contributed by atoms with Gasteiger partial charge in [-0.3, -0.25) is 4.79 Å². The van der Waals surface area contributed by atoms with Crippen molar-refractivity contribution < 1.29 is 13.9 Å². The Kier molecular flexibility index (Phi) is 6.09. The molecule has 0 radical (unpaired) electrons. The lowest BCUT2D eigenvalue weighted by molar-refractivity contribution is -0.121. The lowest BCUT2D eigenvalue weighted by Gasteiger charge is -2.08. The van der Waals surface area contributed by atoms with Gasteiger partial charge in [0.25, 0.3) is 0 Å². The molecule has 3 aromatic rings. The van der Waals surface area contributed by atoms with Gasteiger partial charge in [-0.05, 0) is 44.0 Å². The number of ether oxygens (including phenoxy) is 1. The van der Waals surface area contributed by atoms with Crippen LogP contribution in [0.1, 0.15) is 28.9 Å². The zero-order valence-electron chi connectivity index (χ0n) is 16.3. The third kappa shape index (κ3) is 4.39. The molecular formula is C22H24FN3O2. The van der Waals surface area contributed by atoms with Crippen LogP contribution in [0.15, 0.2) is 48.5 Å². The van der Waals surface area contributed by atoms with Crippen molar-refractivity contribution >= 4 is 5.91 Å². The van der Waals surface area contributed by atoms with E-state index < -0.39 is 0 Å². The minimum absolute atomic E-state index is 0.115. The van der Waals surface area contributed by atoms with E-state index in [2.05, 4.69) is 10.4 Å². The van der Waals surface area contributed by atoms with Gasteiger partial charge in [-0.1, -0.05) is 24.3 Å². The fourth-order valence-electron chi connectivity index (χ4n) is 3.19. The molecule has 0 saturated heterocycles. The fraction of sp³-hybridized carbons (Fsp3) is 0.273. The van der Waals surface area contributed by atoms with Crippen LogP contribution in [0.2, 0.25) is 0 Å². The molecule has 0 unspecified atom stereocenters. The Morgan fingerprint density at radius 2 is 1.96 bits per heavy atom. The Bertz CT molecular complexity index is 982. The van der Waals surface area contributed by atoms with Crippen LogP contribution < -0.4 is 10.1 Å². The maximum atomic E-state index is 13.6. The molecule has 0 spiro atoms. The molecule has 0 saturated carbocycles. The van der Waals surface area contributed by atoms with Crippen LogP contribution in [-0.2, 0) is 17.8 Å². The number of nitrogens with zero attached hydrogens (tertiary/aromatic N) is 2. The number of hydrogen-bond acceptors (Lipinski definition) is 3. The summed E-state index contributed by atoms with van der Waals surface area (Å²) in [5.74, 6) is 0.337. The number of rotatable bonds is 7. The van der Waals surface area contributed by atoms with Crippen molar-refractivity contribution in [3.63, 3.8) is 0 Å². The standard InChI is InChI=1S/C22H24FN3O2/c1-15-20(11-12-22(27)24-14-17-7-4-5-10-21(17)23)16(2)26(25-15)18-8-6-9-19(13-18)28-3/h4-10,13H,11-12,14H2,1-3H3,(H,24,27). The number of amides is 1.